The number of methoxy groups -OCH3 is 1. The topological polar surface area (TPSA) is 48.0 Å². The van der Waals surface area contributed by atoms with Gasteiger partial charge < -0.3 is 9.64 Å². The maximum atomic E-state index is 11.2. The summed E-state index contributed by atoms with van der Waals surface area (Å²) >= 11 is 0. The third-order valence-electron chi connectivity index (χ3n) is 1.85. The van der Waals surface area contributed by atoms with E-state index in [1.165, 1.54) is 14.2 Å². The highest BCUT2D eigenvalue weighted by Gasteiger charge is 2.27. The molecule has 1 atom stereocenters. The van der Waals surface area contributed by atoms with E-state index in [0.717, 1.165) is 0 Å². The number of carbonyl (C=O) groups is 1. The van der Waals surface area contributed by atoms with E-state index < -0.39 is 0 Å². The fourth-order valence-electron chi connectivity index (χ4n) is 1.18. The molecule has 74 valence electrons. The highest BCUT2D eigenvalue weighted by atomic mass is 17.2. The number of ether oxygens (including phenoxy) is 1. The first-order chi connectivity index (χ1) is 6.29. The number of carbonyl (C=O) groups excluding carboxylic acids is 1. The Bertz CT molecular complexity index is 204. The Balaban J connectivity index is 2.42. The van der Waals surface area contributed by atoms with Crippen molar-refractivity contribution in [3.05, 3.63) is 12.3 Å². The molecule has 5 heteroatoms. The van der Waals surface area contributed by atoms with Gasteiger partial charge in [-0.05, 0) is 12.6 Å². The van der Waals surface area contributed by atoms with Gasteiger partial charge in [0, 0.05) is 0 Å². The molecule has 13 heavy (non-hydrogen) atoms. The van der Waals surface area contributed by atoms with Crippen molar-refractivity contribution >= 4 is 5.97 Å². The van der Waals surface area contributed by atoms with Crippen LogP contribution in [0.25, 0.3) is 0 Å². The lowest BCUT2D eigenvalue weighted by Crippen LogP contribution is -2.36. The van der Waals surface area contributed by atoms with Crippen LogP contribution in [0.15, 0.2) is 12.3 Å². The fraction of sp³-hybridized carbons (Fsp3) is 0.625. The van der Waals surface area contributed by atoms with Crippen molar-refractivity contribution in [2.24, 2.45) is 0 Å². The zero-order valence-electron chi connectivity index (χ0n) is 7.73. The minimum Gasteiger partial charge on any atom is -0.467 e. The van der Waals surface area contributed by atoms with Gasteiger partial charge in [-0.15, -0.1) is 0 Å². The molecule has 0 bridgehead atoms. The SMILES string of the molecule is COOCN1C=CC[C@H]1C(=O)OC. The maximum absolute atomic E-state index is 11.2. The van der Waals surface area contributed by atoms with Crippen LogP contribution in [-0.2, 0) is 19.3 Å². The van der Waals surface area contributed by atoms with Gasteiger partial charge in [0.2, 0.25) is 0 Å². The van der Waals surface area contributed by atoms with Gasteiger partial charge in [0.1, 0.15) is 6.04 Å². The Labute approximate surface area is 76.8 Å². The normalized spacial score (nSPS) is 20.8. The van der Waals surface area contributed by atoms with E-state index in [0.29, 0.717) is 6.42 Å². The first-order valence-electron chi connectivity index (χ1n) is 3.95. The van der Waals surface area contributed by atoms with Crippen molar-refractivity contribution in [3.63, 3.8) is 0 Å². The number of esters is 1. The molecule has 0 fully saturated rings. The van der Waals surface area contributed by atoms with E-state index in [-0.39, 0.29) is 18.7 Å². The molecule has 0 unspecified atom stereocenters. The summed E-state index contributed by atoms with van der Waals surface area (Å²) in [5.74, 6) is -0.260. The van der Waals surface area contributed by atoms with E-state index >= 15 is 0 Å². The first kappa shape index (κ1) is 10.0. The van der Waals surface area contributed by atoms with E-state index in [2.05, 4.69) is 9.62 Å². The summed E-state index contributed by atoms with van der Waals surface area (Å²) in [6.07, 6.45) is 4.33. The fourth-order valence-corrected chi connectivity index (χ4v) is 1.18. The molecule has 1 aliphatic heterocycles. The van der Waals surface area contributed by atoms with Crippen LogP contribution in [0.1, 0.15) is 6.42 Å². The van der Waals surface area contributed by atoms with Gasteiger partial charge in [-0.2, -0.15) is 0 Å². The zero-order chi connectivity index (χ0) is 9.68. The summed E-state index contributed by atoms with van der Waals surface area (Å²) < 4.78 is 4.63. The lowest BCUT2D eigenvalue weighted by molar-refractivity contribution is -0.293. The number of hydrogen-bond acceptors (Lipinski definition) is 5. The second-order valence-corrected chi connectivity index (χ2v) is 2.59. The quantitative estimate of drug-likeness (QED) is 0.359. The van der Waals surface area contributed by atoms with Gasteiger partial charge in [0.05, 0.1) is 14.2 Å². The second kappa shape index (κ2) is 4.84. The molecule has 0 radical (unpaired) electrons. The van der Waals surface area contributed by atoms with Gasteiger partial charge in [-0.1, -0.05) is 6.08 Å². The van der Waals surface area contributed by atoms with Crippen LogP contribution in [0.3, 0.4) is 0 Å². The van der Waals surface area contributed by atoms with Gasteiger partial charge >= 0.3 is 5.97 Å². The highest BCUT2D eigenvalue weighted by Crippen LogP contribution is 2.15. The molecule has 0 aromatic rings. The Hall–Kier alpha value is -1.07. The molecular weight excluding hydrogens is 174 g/mol. The number of rotatable bonds is 4. The smallest absolute Gasteiger partial charge is 0.328 e. The van der Waals surface area contributed by atoms with E-state index in [4.69, 9.17) is 4.89 Å². The van der Waals surface area contributed by atoms with Crippen LogP contribution in [0.5, 0.6) is 0 Å². The summed E-state index contributed by atoms with van der Waals surface area (Å²) in [6.45, 7) is 0.229. The Morgan fingerprint density at radius 1 is 1.62 bits per heavy atom. The molecule has 0 aromatic carbocycles. The predicted octanol–water partition coefficient (Wildman–Crippen LogP) is 0.283. The van der Waals surface area contributed by atoms with Crippen LogP contribution in [0.2, 0.25) is 0 Å². The molecule has 5 nitrogen and oxygen atoms in total. The average Bonchev–Trinajstić information content (AvgIpc) is 2.61. The predicted molar refractivity (Wildman–Crippen MR) is 44.4 cm³/mol. The van der Waals surface area contributed by atoms with Crippen LogP contribution in [-0.4, -0.2) is 37.9 Å². The minimum absolute atomic E-state index is 0.229. The molecular formula is C8H13NO4. The van der Waals surface area contributed by atoms with Crippen LogP contribution < -0.4 is 0 Å². The van der Waals surface area contributed by atoms with E-state index in [9.17, 15) is 4.79 Å². The Morgan fingerprint density at radius 2 is 2.38 bits per heavy atom. The second-order valence-electron chi connectivity index (χ2n) is 2.59. The van der Waals surface area contributed by atoms with Crippen molar-refractivity contribution in [1.29, 1.82) is 0 Å². The molecule has 1 heterocycles. The van der Waals surface area contributed by atoms with Gasteiger partial charge in [0.15, 0.2) is 6.73 Å². The van der Waals surface area contributed by atoms with E-state index in [1.54, 1.807) is 11.1 Å². The lowest BCUT2D eigenvalue weighted by atomic mass is 10.2. The molecule has 1 aliphatic rings. The lowest BCUT2D eigenvalue weighted by Gasteiger charge is -2.21. The summed E-state index contributed by atoms with van der Waals surface area (Å²) in [7, 11) is 2.79. The zero-order valence-corrected chi connectivity index (χ0v) is 7.73. The largest absolute Gasteiger partial charge is 0.467 e. The standard InChI is InChI=1S/C8H13NO4/c1-11-8(10)7-4-3-5-9(7)6-13-12-2/h3,5,7H,4,6H2,1-2H3/t7-/m0/s1. The van der Waals surface area contributed by atoms with Crippen LogP contribution in [0, 0.1) is 0 Å². The van der Waals surface area contributed by atoms with Crippen LogP contribution >= 0.6 is 0 Å². The monoisotopic (exact) mass is 187 g/mol. The Kier molecular flexibility index (Phi) is 3.72. The molecule has 0 aromatic heterocycles. The molecule has 0 saturated heterocycles. The van der Waals surface area contributed by atoms with Crippen LogP contribution in [0.4, 0.5) is 0 Å². The molecule has 0 spiro atoms. The van der Waals surface area contributed by atoms with Crippen molar-refractivity contribution in [1.82, 2.24) is 4.90 Å². The van der Waals surface area contributed by atoms with Crippen molar-refractivity contribution in [2.45, 2.75) is 12.5 Å². The molecule has 0 amide bonds. The summed E-state index contributed by atoms with van der Waals surface area (Å²) in [6, 6.07) is -0.278. The van der Waals surface area contributed by atoms with Crippen molar-refractivity contribution in [3.8, 4) is 0 Å². The molecule has 1 rings (SSSR count). The minimum atomic E-state index is -0.278. The highest BCUT2D eigenvalue weighted by molar-refractivity contribution is 5.76. The Morgan fingerprint density at radius 3 is 3.00 bits per heavy atom. The van der Waals surface area contributed by atoms with Gasteiger partial charge in [-0.25, -0.2) is 14.6 Å². The molecule has 0 saturated carbocycles. The summed E-state index contributed by atoms with van der Waals surface area (Å²) in [5.41, 5.74) is 0. The summed E-state index contributed by atoms with van der Waals surface area (Å²) in [5, 5.41) is 0. The third kappa shape index (κ3) is 2.43. The van der Waals surface area contributed by atoms with Crippen molar-refractivity contribution in [2.75, 3.05) is 21.0 Å². The molecule has 0 aliphatic carbocycles. The van der Waals surface area contributed by atoms with Gasteiger partial charge in [0.25, 0.3) is 0 Å². The maximum Gasteiger partial charge on any atom is 0.328 e. The molecule has 0 N–H and O–H groups in total. The van der Waals surface area contributed by atoms with E-state index in [1.807, 2.05) is 6.08 Å². The third-order valence-corrected chi connectivity index (χ3v) is 1.85. The van der Waals surface area contributed by atoms with Gasteiger partial charge in [-0.3, -0.25) is 0 Å². The average molecular weight is 187 g/mol. The number of hydrogen-bond donors (Lipinski definition) is 0. The number of nitrogens with zero attached hydrogens (tertiary/aromatic N) is 1. The summed E-state index contributed by atoms with van der Waals surface area (Å²) in [4.78, 5) is 22.1. The first-order valence-corrected chi connectivity index (χ1v) is 3.95. The van der Waals surface area contributed by atoms with Crippen molar-refractivity contribution < 1.29 is 19.3 Å².